The van der Waals surface area contributed by atoms with Crippen LogP contribution in [0.4, 0.5) is 0 Å². The molecule has 0 atom stereocenters. The van der Waals surface area contributed by atoms with Crippen molar-refractivity contribution in [2.75, 3.05) is 13.1 Å². The lowest BCUT2D eigenvalue weighted by Crippen LogP contribution is -2.27. The van der Waals surface area contributed by atoms with Gasteiger partial charge in [-0.25, -0.2) is 0 Å². The van der Waals surface area contributed by atoms with Crippen molar-refractivity contribution in [3.05, 3.63) is 12.2 Å². The quantitative estimate of drug-likeness (QED) is 0.544. The maximum absolute atomic E-state index is 10.7. The summed E-state index contributed by atoms with van der Waals surface area (Å²) < 4.78 is 0. The van der Waals surface area contributed by atoms with Crippen molar-refractivity contribution < 1.29 is 4.79 Å². The van der Waals surface area contributed by atoms with Crippen LogP contribution in [-0.4, -0.2) is 19.0 Å². The number of amides is 1. The molecular weight excluding hydrogens is 128 g/mol. The summed E-state index contributed by atoms with van der Waals surface area (Å²) in [6, 6.07) is 0. The van der Waals surface area contributed by atoms with Crippen LogP contribution in [0.5, 0.6) is 0 Å². The Morgan fingerprint density at radius 1 is 1.70 bits per heavy atom. The van der Waals surface area contributed by atoms with E-state index in [0.29, 0.717) is 13.1 Å². The van der Waals surface area contributed by atoms with E-state index in [0.717, 1.165) is 6.42 Å². The zero-order chi connectivity index (χ0) is 7.82. The van der Waals surface area contributed by atoms with Crippen LogP contribution in [-0.2, 0) is 4.79 Å². The lowest BCUT2D eigenvalue weighted by molar-refractivity contribution is -0.116. The number of nitrogens with one attached hydrogen (secondary N) is 1. The highest BCUT2D eigenvalue weighted by molar-refractivity contribution is 5.87. The minimum atomic E-state index is -0.0627. The first-order chi connectivity index (χ1) is 4.81. The Morgan fingerprint density at radius 2 is 2.40 bits per heavy atom. The van der Waals surface area contributed by atoms with Gasteiger partial charge >= 0.3 is 0 Å². The maximum atomic E-state index is 10.7. The molecule has 0 aliphatic heterocycles. The van der Waals surface area contributed by atoms with E-state index in [1.54, 1.807) is 0 Å². The fourth-order valence-corrected chi connectivity index (χ4v) is 0.479. The third-order valence-electron chi connectivity index (χ3n) is 0.948. The molecule has 0 aliphatic rings. The lowest BCUT2D eigenvalue weighted by Gasteiger charge is -1.96. The normalized spacial score (nSPS) is 10.2. The third kappa shape index (κ3) is 5.31. The van der Waals surface area contributed by atoms with Crippen LogP contribution in [0.25, 0.3) is 0 Å². The van der Waals surface area contributed by atoms with Gasteiger partial charge < -0.3 is 11.1 Å². The van der Waals surface area contributed by atoms with Gasteiger partial charge in [0.25, 0.3) is 0 Å². The standard InChI is InChI=1S/C7H14N2O/c1-2-3-4-7(10)9-6-5-8/h3-4H,2,5-6,8H2,1H3,(H,9,10). The van der Waals surface area contributed by atoms with Crippen LogP contribution in [0.3, 0.4) is 0 Å². The maximum Gasteiger partial charge on any atom is 0.243 e. The molecule has 0 saturated heterocycles. The molecule has 1 amide bonds. The SMILES string of the molecule is CCC=CC(=O)NCCN. The van der Waals surface area contributed by atoms with Crippen molar-refractivity contribution in [3.8, 4) is 0 Å². The second kappa shape index (κ2) is 6.29. The van der Waals surface area contributed by atoms with Gasteiger partial charge in [-0.3, -0.25) is 4.79 Å². The molecule has 0 aromatic rings. The largest absolute Gasteiger partial charge is 0.351 e. The predicted octanol–water partition coefficient (Wildman–Crippen LogP) is 0.0275. The number of carbonyl (C=O) groups excluding carboxylic acids is 1. The molecule has 0 heterocycles. The second-order valence-electron chi connectivity index (χ2n) is 1.89. The summed E-state index contributed by atoms with van der Waals surface area (Å²) in [6.45, 7) is 3.02. The molecule has 0 aromatic heterocycles. The van der Waals surface area contributed by atoms with E-state index in [-0.39, 0.29) is 5.91 Å². The zero-order valence-corrected chi connectivity index (χ0v) is 6.26. The number of rotatable bonds is 4. The van der Waals surface area contributed by atoms with Gasteiger partial charge in [0.2, 0.25) is 5.91 Å². The average Bonchev–Trinajstić information content (AvgIpc) is 1.97. The number of allylic oxidation sites excluding steroid dienone is 1. The highest BCUT2D eigenvalue weighted by Crippen LogP contribution is 1.78. The van der Waals surface area contributed by atoms with Crippen molar-refractivity contribution in [2.24, 2.45) is 5.73 Å². The van der Waals surface area contributed by atoms with Gasteiger partial charge in [-0.05, 0) is 12.5 Å². The number of carbonyl (C=O) groups is 1. The van der Waals surface area contributed by atoms with Crippen molar-refractivity contribution in [2.45, 2.75) is 13.3 Å². The van der Waals surface area contributed by atoms with Gasteiger partial charge in [0.05, 0.1) is 0 Å². The summed E-state index contributed by atoms with van der Waals surface area (Å²) in [5.74, 6) is -0.0627. The molecule has 0 aliphatic carbocycles. The Hall–Kier alpha value is -0.830. The first kappa shape index (κ1) is 9.17. The van der Waals surface area contributed by atoms with Gasteiger partial charge in [-0.2, -0.15) is 0 Å². The first-order valence-corrected chi connectivity index (χ1v) is 3.45. The smallest absolute Gasteiger partial charge is 0.243 e. The molecule has 10 heavy (non-hydrogen) atoms. The number of nitrogens with two attached hydrogens (primary N) is 1. The summed E-state index contributed by atoms with van der Waals surface area (Å²) in [6.07, 6.45) is 4.22. The number of hydrogen-bond acceptors (Lipinski definition) is 2. The molecule has 0 bridgehead atoms. The molecule has 0 saturated carbocycles. The fourth-order valence-electron chi connectivity index (χ4n) is 0.479. The topological polar surface area (TPSA) is 55.1 Å². The molecule has 0 fully saturated rings. The molecule has 0 radical (unpaired) electrons. The molecule has 0 unspecified atom stereocenters. The molecule has 3 N–H and O–H groups in total. The van der Waals surface area contributed by atoms with Crippen molar-refractivity contribution in [3.63, 3.8) is 0 Å². The van der Waals surface area contributed by atoms with Gasteiger partial charge in [-0.1, -0.05) is 13.0 Å². The van der Waals surface area contributed by atoms with Gasteiger partial charge in [0.15, 0.2) is 0 Å². The summed E-state index contributed by atoms with van der Waals surface area (Å²) >= 11 is 0. The highest BCUT2D eigenvalue weighted by Gasteiger charge is 1.89. The Bertz CT molecular complexity index is 121. The number of hydrogen-bond donors (Lipinski definition) is 2. The fraction of sp³-hybridized carbons (Fsp3) is 0.571. The van der Waals surface area contributed by atoms with Crippen LogP contribution >= 0.6 is 0 Å². The summed E-state index contributed by atoms with van der Waals surface area (Å²) in [7, 11) is 0. The van der Waals surface area contributed by atoms with E-state index in [4.69, 9.17) is 5.73 Å². The van der Waals surface area contributed by atoms with E-state index < -0.39 is 0 Å². The van der Waals surface area contributed by atoms with Gasteiger partial charge in [-0.15, -0.1) is 0 Å². The van der Waals surface area contributed by atoms with Crippen LogP contribution in [0.15, 0.2) is 12.2 Å². The van der Waals surface area contributed by atoms with Crippen LogP contribution in [0, 0.1) is 0 Å². The van der Waals surface area contributed by atoms with Gasteiger partial charge in [0.1, 0.15) is 0 Å². The molecular formula is C7H14N2O. The molecule has 3 nitrogen and oxygen atoms in total. The van der Waals surface area contributed by atoms with Gasteiger partial charge in [0, 0.05) is 13.1 Å². The van der Waals surface area contributed by atoms with E-state index in [1.807, 2.05) is 13.0 Å². The van der Waals surface area contributed by atoms with E-state index >= 15 is 0 Å². The predicted molar refractivity (Wildman–Crippen MR) is 41.5 cm³/mol. The minimum Gasteiger partial charge on any atom is -0.351 e. The van der Waals surface area contributed by atoms with Crippen molar-refractivity contribution in [1.82, 2.24) is 5.32 Å². The average molecular weight is 142 g/mol. The lowest BCUT2D eigenvalue weighted by atomic mass is 10.4. The summed E-state index contributed by atoms with van der Waals surface area (Å²) in [5.41, 5.74) is 5.17. The Kier molecular flexibility index (Phi) is 5.77. The Labute approximate surface area is 61.3 Å². The molecule has 0 aromatic carbocycles. The Balaban J connectivity index is 3.34. The molecule has 0 spiro atoms. The summed E-state index contributed by atoms with van der Waals surface area (Å²) in [4.78, 5) is 10.7. The Morgan fingerprint density at radius 3 is 2.90 bits per heavy atom. The zero-order valence-electron chi connectivity index (χ0n) is 6.26. The van der Waals surface area contributed by atoms with E-state index in [9.17, 15) is 4.79 Å². The highest BCUT2D eigenvalue weighted by atomic mass is 16.1. The van der Waals surface area contributed by atoms with Crippen LogP contribution in [0.2, 0.25) is 0 Å². The molecule has 3 heteroatoms. The first-order valence-electron chi connectivity index (χ1n) is 3.45. The van der Waals surface area contributed by atoms with E-state index in [1.165, 1.54) is 6.08 Å². The molecule has 58 valence electrons. The van der Waals surface area contributed by atoms with E-state index in [2.05, 4.69) is 5.32 Å². The third-order valence-corrected chi connectivity index (χ3v) is 0.948. The van der Waals surface area contributed by atoms with Crippen LogP contribution < -0.4 is 11.1 Å². The van der Waals surface area contributed by atoms with Crippen LogP contribution in [0.1, 0.15) is 13.3 Å². The minimum absolute atomic E-state index is 0.0627. The van der Waals surface area contributed by atoms with Crippen molar-refractivity contribution in [1.29, 1.82) is 0 Å². The van der Waals surface area contributed by atoms with Crippen molar-refractivity contribution >= 4 is 5.91 Å². The molecule has 0 rings (SSSR count). The second-order valence-corrected chi connectivity index (χ2v) is 1.89. The monoisotopic (exact) mass is 142 g/mol. The summed E-state index contributed by atoms with van der Waals surface area (Å²) in [5, 5.41) is 2.62.